The summed E-state index contributed by atoms with van der Waals surface area (Å²) in [5, 5.41) is 11.1. The molecule has 0 aliphatic heterocycles. The highest BCUT2D eigenvalue weighted by atomic mass is 32.2. The van der Waals surface area contributed by atoms with E-state index in [9.17, 15) is 23.1 Å². The highest BCUT2D eigenvalue weighted by molar-refractivity contribution is 8.02. The summed E-state index contributed by atoms with van der Waals surface area (Å²) in [6.07, 6.45) is -0.974. The van der Waals surface area contributed by atoms with Crippen LogP contribution in [0.1, 0.15) is 25.1 Å². The van der Waals surface area contributed by atoms with Crippen LogP contribution >= 0.6 is 23.1 Å². The summed E-state index contributed by atoms with van der Waals surface area (Å²) >= 11 is 2.60. The number of nitrogens with zero attached hydrogens (tertiary/aromatic N) is 2. The number of rotatable bonds is 10. The molecule has 7 nitrogen and oxygen atoms in total. The van der Waals surface area contributed by atoms with Crippen molar-refractivity contribution < 1.29 is 27.8 Å². The molecular formula is C21H25F3N4O3S2. The van der Waals surface area contributed by atoms with Crippen LogP contribution in [0.4, 0.5) is 13.2 Å². The maximum absolute atomic E-state index is 12.2. The molecule has 0 saturated carbocycles. The normalized spacial score (nSPS) is 13.2. The molecule has 1 aromatic heterocycles. The van der Waals surface area contributed by atoms with Gasteiger partial charge in [0, 0.05) is 31.1 Å². The second kappa shape index (κ2) is 10.8. The summed E-state index contributed by atoms with van der Waals surface area (Å²) < 4.78 is 40.3. The van der Waals surface area contributed by atoms with Gasteiger partial charge in [-0.3, -0.25) is 4.79 Å². The van der Waals surface area contributed by atoms with Gasteiger partial charge in [0.05, 0.1) is 11.5 Å². The molecule has 0 aliphatic rings. The minimum absolute atomic E-state index is 0.326. The third-order valence-electron chi connectivity index (χ3n) is 4.39. The second-order valence-corrected chi connectivity index (χ2v) is 10.2. The fraction of sp³-hybridized carbons (Fsp3) is 0.333. The fourth-order valence-electron chi connectivity index (χ4n) is 2.37. The zero-order chi connectivity index (χ0) is 24.8. The standard InChI is InChI=1S/C21H25F3N4O3S2/c1-20(2,18(29)30)33-19-27-14(12-32-19)10-11-28(3)17(26)9-8-16(25)13-4-6-15(7-5-13)31-21(22,23)24/h4-9,12H,10-11,25-26H2,1-3H3,(H,29,30)/b16-8-,17-9+. The molecular weight excluding hydrogens is 477 g/mol. The van der Waals surface area contributed by atoms with Gasteiger partial charge in [0.2, 0.25) is 0 Å². The number of thiazole rings is 1. The van der Waals surface area contributed by atoms with Gasteiger partial charge < -0.3 is 26.2 Å². The molecule has 0 atom stereocenters. The van der Waals surface area contributed by atoms with E-state index < -0.39 is 17.1 Å². The lowest BCUT2D eigenvalue weighted by Crippen LogP contribution is -2.27. The van der Waals surface area contributed by atoms with Gasteiger partial charge in [-0.25, -0.2) is 4.98 Å². The maximum atomic E-state index is 12.2. The fourth-order valence-corrected chi connectivity index (χ4v) is 4.60. The Morgan fingerprint density at radius 1 is 1.24 bits per heavy atom. The Bertz CT molecular complexity index is 1020. The Morgan fingerprint density at radius 3 is 2.45 bits per heavy atom. The van der Waals surface area contributed by atoms with Crippen molar-refractivity contribution in [1.82, 2.24) is 9.88 Å². The highest BCUT2D eigenvalue weighted by Crippen LogP contribution is 2.34. The topological polar surface area (TPSA) is 115 Å². The minimum Gasteiger partial charge on any atom is -0.480 e. The summed E-state index contributed by atoms with van der Waals surface area (Å²) in [6.45, 7) is 3.82. The minimum atomic E-state index is -4.75. The predicted octanol–water partition coefficient (Wildman–Crippen LogP) is 4.27. The van der Waals surface area contributed by atoms with E-state index in [-0.39, 0.29) is 5.75 Å². The molecule has 0 fully saturated rings. The van der Waals surface area contributed by atoms with Crippen LogP contribution in [0.5, 0.6) is 5.75 Å². The number of allylic oxidation sites excluding steroid dienone is 2. The number of hydrogen-bond donors (Lipinski definition) is 3. The number of hydrogen-bond acceptors (Lipinski definition) is 8. The number of carboxylic acid groups (broad SMARTS) is 1. The number of nitrogens with two attached hydrogens (primary N) is 2. The molecule has 2 rings (SSSR count). The van der Waals surface area contributed by atoms with E-state index >= 15 is 0 Å². The number of alkyl halides is 3. The van der Waals surface area contributed by atoms with Gasteiger partial charge in [0.15, 0.2) is 4.34 Å². The molecule has 1 aromatic carbocycles. The number of likely N-dealkylation sites (N-methyl/N-ethyl adjacent to an activating group) is 1. The van der Waals surface area contributed by atoms with Crippen LogP contribution in [0.2, 0.25) is 0 Å². The first kappa shape index (κ1) is 26.4. The Balaban J connectivity index is 1.92. The van der Waals surface area contributed by atoms with E-state index in [1.165, 1.54) is 47.4 Å². The van der Waals surface area contributed by atoms with Gasteiger partial charge in [0.25, 0.3) is 0 Å². The van der Waals surface area contributed by atoms with Crippen molar-refractivity contribution in [2.75, 3.05) is 13.6 Å². The number of carboxylic acids is 1. The van der Waals surface area contributed by atoms with Crippen LogP contribution < -0.4 is 16.2 Å². The van der Waals surface area contributed by atoms with Crippen molar-refractivity contribution in [3.05, 3.63) is 58.9 Å². The molecule has 0 amide bonds. The first-order chi connectivity index (χ1) is 15.3. The molecule has 0 bridgehead atoms. The molecule has 12 heteroatoms. The van der Waals surface area contributed by atoms with Crippen LogP contribution in [0, 0.1) is 0 Å². The van der Waals surface area contributed by atoms with Gasteiger partial charge in [-0.1, -0.05) is 11.8 Å². The molecule has 0 saturated heterocycles. The zero-order valence-corrected chi connectivity index (χ0v) is 19.9. The van der Waals surface area contributed by atoms with Crippen LogP contribution in [0.3, 0.4) is 0 Å². The number of benzene rings is 1. The second-order valence-electron chi connectivity index (χ2n) is 7.48. The largest absolute Gasteiger partial charge is 0.573 e. The third kappa shape index (κ3) is 8.54. The van der Waals surface area contributed by atoms with Crippen molar-refractivity contribution >= 4 is 34.8 Å². The SMILES string of the molecule is CN(CCc1csc(SC(C)(C)C(=O)O)n1)/C(N)=C/C=C(\N)c1ccc(OC(F)(F)F)cc1. The summed E-state index contributed by atoms with van der Waals surface area (Å²) in [5.41, 5.74) is 13.7. The van der Waals surface area contributed by atoms with E-state index in [0.29, 0.717) is 34.4 Å². The molecule has 0 unspecified atom stereocenters. The van der Waals surface area contributed by atoms with Gasteiger partial charge in [-0.15, -0.1) is 24.5 Å². The van der Waals surface area contributed by atoms with E-state index in [0.717, 1.165) is 5.69 Å². The highest BCUT2D eigenvalue weighted by Gasteiger charge is 2.31. The molecule has 0 radical (unpaired) electrons. The van der Waals surface area contributed by atoms with Crippen LogP contribution in [0.25, 0.3) is 5.70 Å². The lowest BCUT2D eigenvalue weighted by Gasteiger charge is -2.18. The van der Waals surface area contributed by atoms with E-state index in [1.54, 1.807) is 37.9 Å². The number of halogens is 3. The van der Waals surface area contributed by atoms with E-state index in [4.69, 9.17) is 11.5 Å². The molecule has 5 N–H and O–H groups in total. The van der Waals surface area contributed by atoms with Crippen molar-refractivity contribution in [1.29, 1.82) is 0 Å². The number of carbonyl (C=O) groups is 1. The lowest BCUT2D eigenvalue weighted by molar-refractivity contribution is -0.274. The Hall–Kier alpha value is -2.86. The lowest BCUT2D eigenvalue weighted by atomic mass is 10.1. The number of aliphatic carboxylic acids is 1. The first-order valence-corrected chi connectivity index (χ1v) is 11.3. The quantitative estimate of drug-likeness (QED) is 0.326. The average molecular weight is 503 g/mol. The Morgan fingerprint density at radius 2 is 1.88 bits per heavy atom. The molecule has 1 heterocycles. The number of thioether (sulfide) groups is 1. The number of aromatic nitrogens is 1. The smallest absolute Gasteiger partial charge is 0.480 e. The summed E-state index contributed by atoms with van der Waals surface area (Å²) in [7, 11) is 1.80. The summed E-state index contributed by atoms with van der Waals surface area (Å²) in [5.74, 6) is -0.796. The average Bonchev–Trinajstić information content (AvgIpc) is 3.15. The van der Waals surface area contributed by atoms with Crippen molar-refractivity contribution in [3.63, 3.8) is 0 Å². The van der Waals surface area contributed by atoms with Crippen molar-refractivity contribution in [2.24, 2.45) is 11.5 Å². The monoisotopic (exact) mass is 502 g/mol. The van der Waals surface area contributed by atoms with Gasteiger partial charge in [-0.2, -0.15) is 0 Å². The molecule has 180 valence electrons. The molecule has 2 aromatic rings. The predicted molar refractivity (Wildman–Crippen MR) is 124 cm³/mol. The van der Waals surface area contributed by atoms with Gasteiger partial charge in [-0.05, 0) is 55.8 Å². The van der Waals surface area contributed by atoms with Gasteiger partial charge >= 0.3 is 12.3 Å². The summed E-state index contributed by atoms with van der Waals surface area (Å²) in [6, 6.07) is 5.20. The Labute approximate surface area is 197 Å². The van der Waals surface area contributed by atoms with Crippen molar-refractivity contribution in [3.8, 4) is 5.75 Å². The van der Waals surface area contributed by atoms with Crippen LogP contribution in [-0.4, -0.2) is 45.7 Å². The van der Waals surface area contributed by atoms with E-state index in [2.05, 4.69) is 9.72 Å². The molecule has 33 heavy (non-hydrogen) atoms. The molecule has 0 aliphatic carbocycles. The summed E-state index contributed by atoms with van der Waals surface area (Å²) in [4.78, 5) is 17.5. The van der Waals surface area contributed by atoms with Crippen LogP contribution in [0.15, 0.2) is 52.0 Å². The van der Waals surface area contributed by atoms with Gasteiger partial charge in [0.1, 0.15) is 10.5 Å². The molecule has 0 spiro atoms. The zero-order valence-electron chi connectivity index (χ0n) is 18.2. The third-order valence-corrected chi connectivity index (χ3v) is 6.56. The van der Waals surface area contributed by atoms with Crippen LogP contribution in [-0.2, 0) is 11.2 Å². The maximum Gasteiger partial charge on any atom is 0.573 e. The van der Waals surface area contributed by atoms with Crippen molar-refractivity contribution in [2.45, 2.75) is 35.7 Å². The Kier molecular flexibility index (Phi) is 8.67. The number of ether oxygens (including phenoxy) is 1. The first-order valence-electron chi connectivity index (χ1n) is 9.64. The van der Waals surface area contributed by atoms with E-state index in [1.807, 2.05) is 5.38 Å².